The van der Waals surface area contributed by atoms with Crippen LogP contribution < -0.4 is 0 Å². The molecule has 4 aliphatic carbocycles. The molecule has 5 nitrogen and oxygen atoms in total. The maximum Gasteiger partial charge on any atom is 0.192 e. The molecule has 9 atom stereocenters. The summed E-state index contributed by atoms with van der Waals surface area (Å²) >= 11 is 0. The minimum absolute atomic E-state index is 0.0226. The second-order valence-electron chi connectivity index (χ2n) is 14.3. The lowest BCUT2D eigenvalue weighted by Crippen LogP contribution is -2.57. The molecule has 0 aromatic carbocycles. The van der Waals surface area contributed by atoms with Gasteiger partial charge >= 0.3 is 0 Å². The molecule has 0 heterocycles. The van der Waals surface area contributed by atoms with E-state index in [1.165, 1.54) is 0 Å². The molecule has 0 spiro atoms. The van der Waals surface area contributed by atoms with E-state index >= 15 is 0 Å². The van der Waals surface area contributed by atoms with Crippen molar-refractivity contribution in [3.8, 4) is 0 Å². The van der Waals surface area contributed by atoms with E-state index in [1.807, 2.05) is 6.92 Å². The molecule has 3 N–H and O–H groups in total. The molecule has 4 saturated carbocycles. The van der Waals surface area contributed by atoms with Gasteiger partial charge in [-0.25, -0.2) is 0 Å². The Morgan fingerprint density at radius 2 is 1.50 bits per heavy atom. The van der Waals surface area contributed by atoms with Crippen LogP contribution in [0.3, 0.4) is 0 Å². The monoisotopic (exact) mass is 466 g/mol. The van der Waals surface area contributed by atoms with E-state index in [4.69, 9.17) is 4.43 Å². The van der Waals surface area contributed by atoms with E-state index in [0.717, 1.165) is 19.3 Å². The zero-order chi connectivity index (χ0) is 24.3. The first-order valence-corrected chi connectivity index (χ1v) is 15.6. The molecule has 0 unspecified atom stereocenters. The lowest BCUT2D eigenvalue weighted by atomic mass is 9.59. The minimum atomic E-state index is -2.03. The third-order valence-corrected chi connectivity index (χ3v) is 15.5. The molecule has 4 aliphatic rings. The topological polar surface area (TPSA) is 87.0 Å². The van der Waals surface area contributed by atoms with E-state index in [1.54, 1.807) is 6.92 Å². The van der Waals surface area contributed by atoms with Gasteiger partial charge in [0.1, 0.15) is 5.60 Å². The first-order chi connectivity index (χ1) is 14.3. The molecule has 184 valence electrons. The first-order valence-electron chi connectivity index (χ1n) is 12.6. The van der Waals surface area contributed by atoms with Gasteiger partial charge in [0.05, 0.1) is 17.3 Å². The summed E-state index contributed by atoms with van der Waals surface area (Å²) in [6, 6.07) is 0. The van der Waals surface area contributed by atoms with Gasteiger partial charge in [0.25, 0.3) is 0 Å². The van der Waals surface area contributed by atoms with Crippen molar-refractivity contribution < 1.29 is 24.5 Å². The van der Waals surface area contributed by atoms with Crippen LogP contribution in [-0.2, 0) is 9.22 Å². The number of carbonyl (C=O) groups excluding carboxylic acids is 1. The average molecular weight is 467 g/mol. The summed E-state index contributed by atoms with van der Waals surface area (Å²) in [5.74, 6) is -0.957. The van der Waals surface area contributed by atoms with Gasteiger partial charge in [-0.2, -0.15) is 0 Å². The van der Waals surface area contributed by atoms with Crippen molar-refractivity contribution in [2.45, 2.75) is 122 Å². The lowest BCUT2D eigenvalue weighted by molar-refractivity contribution is -0.166. The van der Waals surface area contributed by atoms with E-state index in [9.17, 15) is 20.1 Å². The minimum Gasteiger partial charge on any atom is -0.413 e. The molecular formula is C26H46O5Si. The fourth-order valence-electron chi connectivity index (χ4n) is 7.99. The Hall–Kier alpha value is -0.273. The van der Waals surface area contributed by atoms with Gasteiger partial charge in [-0.15, -0.1) is 0 Å². The molecule has 0 saturated heterocycles. The van der Waals surface area contributed by atoms with Gasteiger partial charge in [-0.05, 0) is 80.3 Å². The van der Waals surface area contributed by atoms with Crippen molar-refractivity contribution in [2.75, 3.05) is 0 Å². The highest BCUT2D eigenvalue weighted by molar-refractivity contribution is 6.74. The van der Waals surface area contributed by atoms with E-state index in [0.29, 0.717) is 0 Å². The van der Waals surface area contributed by atoms with Crippen molar-refractivity contribution in [1.29, 1.82) is 0 Å². The van der Waals surface area contributed by atoms with Crippen molar-refractivity contribution in [3.05, 3.63) is 0 Å². The zero-order valence-electron chi connectivity index (χ0n) is 21.7. The summed E-state index contributed by atoms with van der Waals surface area (Å²) in [7, 11) is -2.03. The number of aliphatic hydroxyl groups is 3. The van der Waals surface area contributed by atoms with Crippen molar-refractivity contribution in [2.24, 2.45) is 35.0 Å². The molecule has 4 fully saturated rings. The molecule has 0 aromatic heterocycles. The summed E-state index contributed by atoms with van der Waals surface area (Å²) in [5.41, 5.74) is -3.91. The third kappa shape index (κ3) is 3.26. The Labute approximate surface area is 195 Å². The van der Waals surface area contributed by atoms with Crippen LogP contribution in [0, 0.1) is 35.0 Å². The second kappa shape index (κ2) is 6.90. The average Bonchev–Trinajstić information content (AvgIpc) is 3.21. The van der Waals surface area contributed by atoms with Gasteiger partial charge in [0.2, 0.25) is 0 Å². The SMILES string of the molecule is CC1(C)[C@@H](O[Si](C)(C)C(C)(C)C)C[C@@H]2[C@H]1CC(=O)[C@]1(O)C[C@@](C)(O)[C@@H]3CC[C@H]([C@@H]31)[C@@]2(C)O. The number of hydrogen-bond donors (Lipinski definition) is 3. The number of hydrogen-bond acceptors (Lipinski definition) is 5. The summed E-state index contributed by atoms with van der Waals surface area (Å²) in [5, 5.41) is 35.0. The fourth-order valence-corrected chi connectivity index (χ4v) is 9.45. The van der Waals surface area contributed by atoms with Crippen LogP contribution in [0.5, 0.6) is 0 Å². The van der Waals surface area contributed by atoms with Crippen LogP contribution in [0.4, 0.5) is 0 Å². The van der Waals surface area contributed by atoms with Gasteiger partial charge < -0.3 is 19.7 Å². The van der Waals surface area contributed by atoms with Gasteiger partial charge in [0.15, 0.2) is 14.1 Å². The Balaban J connectivity index is 1.75. The number of Topliss-reactive ketones (excluding diaryl/α,β-unsaturated/α-hetero) is 1. The smallest absolute Gasteiger partial charge is 0.192 e. The highest BCUT2D eigenvalue weighted by atomic mass is 28.4. The Kier molecular flexibility index (Phi) is 5.36. The standard InChI is InChI=1S/C26H46O5Si/c1-22(2,3)32(8,9)31-20-13-18-17(23(20,4)5)12-19(27)26(30)14-24(6,28)15-10-11-16(21(15)26)25(18,7)29/h15-18,20-21,28-30H,10-14H2,1-9H3/t15-,16-,17-,18-,20+,21-,24-,25-,26-/m1/s1. The molecule has 0 amide bonds. The molecule has 6 heteroatoms. The molecule has 32 heavy (non-hydrogen) atoms. The quantitative estimate of drug-likeness (QED) is 0.529. The van der Waals surface area contributed by atoms with Crippen molar-refractivity contribution >= 4 is 14.1 Å². The number of ketones is 1. The Morgan fingerprint density at radius 3 is 2.06 bits per heavy atom. The zero-order valence-corrected chi connectivity index (χ0v) is 22.7. The highest BCUT2D eigenvalue weighted by Crippen LogP contribution is 2.66. The molecule has 0 radical (unpaired) electrons. The Morgan fingerprint density at radius 1 is 0.938 bits per heavy atom. The van der Waals surface area contributed by atoms with Crippen LogP contribution in [0.2, 0.25) is 18.1 Å². The maximum atomic E-state index is 13.7. The molecular weight excluding hydrogens is 420 g/mol. The summed E-state index contributed by atoms with van der Waals surface area (Å²) in [4.78, 5) is 13.7. The van der Waals surface area contributed by atoms with Crippen LogP contribution in [0.15, 0.2) is 0 Å². The Bertz CT molecular complexity index is 795. The second-order valence-corrected chi connectivity index (χ2v) is 19.0. The van der Waals surface area contributed by atoms with E-state index < -0.39 is 25.1 Å². The van der Waals surface area contributed by atoms with Crippen LogP contribution in [-0.4, -0.2) is 52.3 Å². The van der Waals surface area contributed by atoms with Crippen LogP contribution in [0.1, 0.15) is 80.6 Å². The fraction of sp³-hybridized carbons (Fsp3) is 0.962. The molecule has 0 bridgehead atoms. The maximum absolute atomic E-state index is 13.7. The lowest BCUT2D eigenvalue weighted by Gasteiger charge is -2.49. The summed E-state index contributed by atoms with van der Waals surface area (Å²) in [6.07, 6.45) is 2.54. The number of rotatable bonds is 2. The predicted molar refractivity (Wildman–Crippen MR) is 128 cm³/mol. The summed E-state index contributed by atoms with van der Waals surface area (Å²) in [6.45, 7) is 19.3. The van der Waals surface area contributed by atoms with Gasteiger partial charge in [0, 0.05) is 18.8 Å². The molecule has 0 aliphatic heterocycles. The first kappa shape index (κ1) is 24.8. The van der Waals surface area contributed by atoms with E-state index in [-0.39, 0.29) is 64.8 Å². The summed E-state index contributed by atoms with van der Waals surface area (Å²) < 4.78 is 6.93. The predicted octanol–water partition coefficient (Wildman–Crippen LogP) is 4.29. The number of carbonyl (C=O) groups is 1. The van der Waals surface area contributed by atoms with Gasteiger partial charge in [-0.1, -0.05) is 34.6 Å². The third-order valence-electron chi connectivity index (χ3n) is 11.0. The molecule has 0 aromatic rings. The molecule has 4 rings (SSSR count). The van der Waals surface area contributed by atoms with Crippen LogP contribution in [0.25, 0.3) is 0 Å². The normalized spacial score (nSPS) is 50.7. The van der Waals surface area contributed by atoms with Crippen molar-refractivity contribution in [3.63, 3.8) is 0 Å². The van der Waals surface area contributed by atoms with Crippen LogP contribution >= 0.6 is 0 Å². The van der Waals surface area contributed by atoms with Gasteiger partial charge in [-0.3, -0.25) is 4.79 Å². The number of fused-ring (bicyclic) bond motifs is 1. The largest absolute Gasteiger partial charge is 0.413 e. The van der Waals surface area contributed by atoms with Crippen molar-refractivity contribution in [1.82, 2.24) is 0 Å². The highest BCUT2D eigenvalue weighted by Gasteiger charge is 2.71. The van der Waals surface area contributed by atoms with E-state index in [2.05, 4.69) is 47.7 Å².